The molecule has 196 valence electrons. The molecule has 6 heteroatoms. The summed E-state index contributed by atoms with van der Waals surface area (Å²) in [6.07, 6.45) is 0. The number of carbonyl (C=O) groups excluding carboxylic acids is 1. The highest BCUT2D eigenvalue weighted by atomic mass is 16.5. The van der Waals surface area contributed by atoms with Crippen LogP contribution in [-0.2, 0) is 4.79 Å². The number of hydrogen-bond donors (Lipinski definition) is 1. The van der Waals surface area contributed by atoms with E-state index < -0.39 is 0 Å². The van der Waals surface area contributed by atoms with E-state index in [1.807, 2.05) is 50.5 Å². The van der Waals surface area contributed by atoms with E-state index in [1.165, 1.54) is 11.3 Å². The number of rotatable bonds is 9. The minimum atomic E-state index is -0.115. The molecule has 1 unspecified atom stereocenters. The Balaban J connectivity index is 1.22. The lowest BCUT2D eigenvalue weighted by molar-refractivity contribution is -0.123. The van der Waals surface area contributed by atoms with E-state index in [9.17, 15) is 4.79 Å². The molecule has 1 atom stereocenters. The van der Waals surface area contributed by atoms with Gasteiger partial charge in [-0.3, -0.25) is 9.69 Å². The zero-order valence-electron chi connectivity index (χ0n) is 22.2. The summed E-state index contributed by atoms with van der Waals surface area (Å²) in [5.74, 6) is 0.586. The Morgan fingerprint density at radius 1 is 0.842 bits per heavy atom. The van der Waals surface area contributed by atoms with Gasteiger partial charge < -0.3 is 19.9 Å². The van der Waals surface area contributed by atoms with Gasteiger partial charge in [0.25, 0.3) is 5.91 Å². The summed E-state index contributed by atoms with van der Waals surface area (Å²) in [5.41, 5.74) is 3.63. The smallest absolute Gasteiger partial charge is 0.258 e. The number of para-hydroxylation sites is 1. The van der Waals surface area contributed by atoms with Crippen LogP contribution in [0.25, 0.3) is 10.8 Å². The Labute approximate surface area is 225 Å². The van der Waals surface area contributed by atoms with Crippen molar-refractivity contribution in [3.63, 3.8) is 0 Å². The zero-order chi connectivity index (χ0) is 26.3. The number of anilines is 2. The normalized spacial score (nSPS) is 14.7. The van der Waals surface area contributed by atoms with Crippen LogP contribution >= 0.6 is 0 Å². The standard InChI is InChI=1S/C32H36N4O2/c1-34(2)28-15-12-26(13-16-28)31(36-20-18-35(19-21-36)29-10-4-3-5-11-29)23-33-32(37)24-38-30-17-14-25-8-6-7-9-27(25)22-30/h3-17,22,31H,18-21,23-24H2,1-2H3,(H,33,37). The molecule has 1 aliphatic heterocycles. The quantitative estimate of drug-likeness (QED) is 0.346. The summed E-state index contributed by atoms with van der Waals surface area (Å²) in [6, 6.07) is 33.4. The monoisotopic (exact) mass is 508 g/mol. The topological polar surface area (TPSA) is 48.1 Å². The number of hydrogen-bond acceptors (Lipinski definition) is 5. The number of nitrogens with one attached hydrogen (secondary N) is 1. The van der Waals surface area contributed by atoms with Gasteiger partial charge in [0, 0.05) is 58.2 Å². The van der Waals surface area contributed by atoms with Gasteiger partial charge in [-0.25, -0.2) is 0 Å². The van der Waals surface area contributed by atoms with E-state index >= 15 is 0 Å². The van der Waals surface area contributed by atoms with Crippen LogP contribution in [0.2, 0.25) is 0 Å². The first-order valence-corrected chi connectivity index (χ1v) is 13.3. The number of benzene rings is 4. The third kappa shape index (κ3) is 6.26. The summed E-state index contributed by atoms with van der Waals surface area (Å²) >= 11 is 0. The first kappa shape index (κ1) is 25.6. The fourth-order valence-corrected chi connectivity index (χ4v) is 5.05. The van der Waals surface area contributed by atoms with E-state index in [1.54, 1.807) is 0 Å². The lowest BCUT2D eigenvalue weighted by Gasteiger charge is -2.40. The lowest BCUT2D eigenvalue weighted by atomic mass is 10.0. The van der Waals surface area contributed by atoms with E-state index in [-0.39, 0.29) is 18.6 Å². The maximum absolute atomic E-state index is 12.8. The molecule has 1 fully saturated rings. The summed E-state index contributed by atoms with van der Waals surface area (Å²) in [5, 5.41) is 5.39. The number of ether oxygens (including phenoxy) is 1. The summed E-state index contributed by atoms with van der Waals surface area (Å²) in [6.45, 7) is 4.29. The summed E-state index contributed by atoms with van der Waals surface area (Å²) in [7, 11) is 4.09. The number of fused-ring (bicyclic) bond motifs is 1. The van der Waals surface area contributed by atoms with Gasteiger partial charge in [-0.1, -0.05) is 60.7 Å². The summed E-state index contributed by atoms with van der Waals surface area (Å²) in [4.78, 5) is 19.8. The largest absolute Gasteiger partial charge is 0.484 e. The average Bonchev–Trinajstić information content (AvgIpc) is 2.97. The minimum Gasteiger partial charge on any atom is -0.484 e. The molecule has 0 spiro atoms. The molecule has 1 N–H and O–H groups in total. The second kappa shape index (κ2) is 12.0. The molecule has 1 heterocycles. The Hall–Kier alpha value is -4.03. The van der Waals surface area contributed by atoms with Crippen molar-refractivity contribution in [3.8, 4) is 5.75 Å². The van der Waals surface area contributed by atoms with Crippen molar-refractivity contribution in [1.82, 2.24) is 10.2 Å². The number of amides is 1. The Bertz CT molecular complexity index is 1330. The second-order valence-electron chi connectivity index (χ2n) is 9.96. The van der Waals surface area contributed by atoms with E-state index in [0.29, 0.717) is 12.3 Å². The molecule has 0 aliphatic carbocycles. The molecule has 38 heavy (non-hydrogen) atoms. The van der Waals surface area contributed by atoms with Crippen LogP contribution in [0.1, 0.15) is 11.6 Å². The third-order valence-electron chi connectivity index (χ3n) is 7.25. The first-order chi connectivity index (χ1) is 18.6. The van der Waals surface area contributed by atoms with Crippen LogP contribution in [-0.4, -0.2) is 64.2 Å². The minimum absolute atomic E-state index is 0.00753. The zero-order valence-corrected chi connectivity index (χ0v) is 22.2. The number of carbonyl (C=O) groups is 1. The molecule has 4 aromatic carbocycles. The van der Waals surface area contributed by atoms with Gasteiger partial charge in [0.15, 0.2) is 6.61 Å². The van der Waals surface area contributed by atoms with Crippen LogP contribution in [0.4, 0.5) is 11.4 Å². The molecule has 6 nitrogen and oxygen atoms in total. The molecule has 0 bridgehead atoms. The van der Waals surface area contributed by atoms with Gasteiger partial charge in [0.2, 0.25) is 0 Å². The predicted octanol–water partition coefficient (Wildman–Crippen LogP) is 4.96. The highest BCUT2D eigenvalue weighted by Gasteiger charge is 2.26. The van der Waals surface area contributed by atoms with Crippen molar-refractivity contribution in [2.75, 3.05) is 63.2 Å². The lowest BCUT2D eigenvalue weighted by Crippen LogP contribution is -2.50. The van der Waals surface area contributed by atoms with E-state index in [2.05, 4.69) is 80.7 Å². The van der Waals surface area contributed by atoms with E-state index in [4.69, 9.17) is 4.74 Å². The van der Waals surface area contributed by atoms with Crippen LogP contribution < -0.4 is 19.9 Å². The van der Waals surface area contributed by atoms with Crippen molar-refractivity contribution >= 4 is 28.1 Å². The maximum Gasteiger partial charge on any atom is 0.258 e. The molecule has 5 rings (SSSR count). The van der Waals surface area contributed by atoms with Crippen molar-refractivity contribution in [2.24, 2.45) is 0 Å². The van der Waals surface area contributed by atoms with Gasteiger partial charge in [-0.2, -0.15) is 0 Å². The molecule has 4 aromatic rings. The Kier molecular flexibility index (Phi) is 8.09. The maximum atomic E-state index is 12.8. The fraction of sp³-hybridized carbons (Fsp3) is 0.281. The van der Waals surface area contributed by atoms with Crippen LogP contribution in [0, 0.1) is 0 Å². The first-order valence-electron chi connectivity index (χ1n) is 13.3. The van der Waals surface area contributed by atoms with Crippen LogP contribution in [0.5, 0.6) is 5.75 Å². The predicted molar refractivity (Wildman–Crippen MR) is 156 cm³/mol. The van der Waals surface area contributed by atoms with E-state index in [0.717, 1.165) is 42.6 Å². The molecule has 1 amide bonds. The Morgan fingerprint density at radius 3 is 2.24 bits per heavy atom. The van der Waals surface area contributed by atoms with Crippen molar-refractivity contribution in [3.05, 3.63) is 103 Å². The highest BCUT2D eigenvalue weighted by Crippen LogP contribution is 2.26. The van der Waals surface area contributed by atoms with Gasteiger partial charge in [0.1, 0.15) is 5.75 Å². The van der Waals surface area contributed by atoms with Gasteiger partial charge in [0.05, 0.1) is 6.04 Å². The average molecular weight is 509 g/mol. The highest BCUT2D eigenvalue weighted by molar-refractivity contribution is 5.84. The van der Waals surface area contributed by atoms with Crippen molar-refractivity contribution in [2.45, 2.75) is 6.04 Å². The van der Waals surface area contributed by atoms with Crippen molar-refractivity contribution < 1.29 is 9.53 Å². The third-order valence-corrected chi connectivity index (χ3v) is 7.25. The fourth-order valence-electron chi connectivity index (χ4n) is 5.05. The number of piperazine rings is 1. The van der Waals surface area contributed by atoms with Crippen LogP contribution in [0.3, 0.4) is 0 Å². The molecule has 0 aromatic heterocycles. The van der Waals surface area contributed by atoms with Gasteiger partial charge >= 0.3 is 0 Å². The van der Waals surface area contributed by atoms with Crippen molar-refractivity contribution in [1.29, 1.82) is 0 Å². The molecular formula is C32H36N4O2. The Morgan fingerprint density at radius 2 is 1.53 bits per heavy atom. The number of nitrogens with zero attached hydrogens (tertiary/aromatic N) is 3. The van der Waals surface area contributed by atoms with Crippen LogP contribution in [0.15, 0.2) is 97.1 Å². The summed E-state index contributed by atoms with van der Waals surface area (Å²) < 4.78 is 5.83. The molecule has 1 saturated heterocycles. The van der Waals surface area contributed by atoms with Gasteiger partial charge in [-0.15, -0.1) is 0 Å². The molecule has 1 aliphatic rings. The molecule has 0 saturated carbocycles. The molecule has 0 radical (unpaired) electrons. The SMILES string of the molecule is CN(C)c1ccc(C(CNC(=O)COc2ccc3ccccc3c2)N2CCN(c3ccccc3)CC2)cc1. The van der Waals surface area contributed by atoms with Gasteiger partial charge in [-0.05, 0) is 52.7 Å². The molecular weight excluding hydrogens is 472 g/mol. The second-order valence-corrected chi connectivity index (χ2v) is 9.96.